The van der Waals surface area contributed by atoms with Gasteiger partial charge in [0, 0.05) is 31.3 Å². The quantitative estimate of drug-likeness (QED) is 0.563. The average Bonchev–Trinajstić information content (AvgIpc) is 3.27. The van der Waals surface area contributed by atoms with E-state index in [1.165, 1.54) is 31.0 Å². The maximum atomic E-state index is 11.2. The van der Waals surface area contributed by atoms with Crippen molar-refractivity contribution in [3.05, 3.63) is 33.9 Å². The Balaban J connectivity index is 2.04. The van der Waals surface area contributed by atoms with E-state index < -0.39 is 10.9 Å². The summed E-state index contributed by atoms with van der Waals surface area (Å²) in [5.74, 6) is -1.10. The van der Waals surface area contributed by atoms with Gasteiger partial charge in [0.05, 0.1) is 16.2 Å². The molecule has 0 saturated heterocycles. The number of aromatic carboxylic acids is 1. The van der Waals surface area contributed by atoms with Crippen LogP contribution in [-0.4, -0.2) is 46.6 Å². The van der Waals surface area contributed by atoms with E-state index in [9.17, 15) is 14.9 Å². The van der Waals surface area contributed by atoms with Crippen LogP contribution in [0.15, 0.2) is 18.2 Å². The van der Waals surface area contributed by atoms with E-state index >= 15 is 0 Å². The molecule has 0 aliphatic heterocycles. The molecule has 1 fully saturated rings. The molecule has 114 valence electrons. The number of non-ortho nitro benzene ring substituents is 1. The van der Waals surface area contributed by atoms with Gasteiger partial charge in [-0.1, -0.05) is 6.92 Å². The number of nitro benzene ring substituents is 1. The topological polar surface area (TPSA) is 95.7 Å². The van der Waals surface area contributed by atoms with E-state index in [0.717, 1.165) is 13.1 Å². The van der Waals surface area contributed by atoms with Crippen LogP contribution in [0.3, 0.4) is 0 Å². The highest BCUT2D eigenvalue weighted by atomic mass is 16.6. The summed E-state index contributed by atoms with van der Waals surface area (Å²) in [6.45, 7) is 4.40. The third kappa shape index (κ3) is 3.91. The lowest BCUT2D eigenvalue weighted by molar-refractivity contribution is -0.384. The molecular weight excluding hydrogens is 274 g/mol. The van der Waals surface area contributed by atoms with Gasteiger partial charge in [-0.05, 0) is 25.5 Å². The number of hydrogen-bond donors (Lipinski definition) is 2. The number of nitro groups is 1. The molecule has 0 aromatic heterocycles. The molecule has 1 aromatic carbocycles. The lowest BCUT2D eigenvalue weighted by Gasteiger charge is -2.20. The number of anilines is 1. The highest BCUT2D eigenvalue weighted by Crippen LogP contribution is 2.26. The summed E-state index contributed by atoms with van der Waals surface area (Å²) in [5, 5.41) is 22.9. The summed E-state index contributed by atoms with van der Waals surface area (Å²) >= 11 is 0. The van der Waals surface area contributed by atoms with Crippen LogP contribution in [0.25, 0.3) is 0 Å². The molecule has 0 atom stereocenters. The minimum absolute atomic E-state index is 0.0510. The van der Waals surface area contributed by atoms with Gasteiger partial charge in [-0.15, -0.1) is 0 Å². The number of carboxylic acids is 1. The Morgan fingerprint density at radius 3 is 2.76 bits per heavy atom. The van der Waals surface area contributed by atoms with Crippen molar-refractivity contribution in [2.75, 3.05) is 25.0 Å². The number of carbonyl (C=O) groups is 1. The van der Waals surface area contributed by atoms with E-state index in [1.807, 2.05) is 0 Å². The Bertz CT molecular complexity index is 543. The largest absolute Gasteiger partial charge is 0.478 e. The summed E-state index contributed by atoms with van der Waals surface area (Å²) in [6, 6.07) is 4.39. The molecule has 7 nitrogen and oxygen atoms in total. The van der Waals surface area contributed by atoms with Crippen molar-refractivity contribution in [1.82, 2.24) is 4.90 Å². The van der Waals surface area contributed by atoms with E-state index in [0.29, 0.717) is 18.3 Å². The van der Waals surface area contributed by atoms with Crippen molar-refractivity contribution in [2.24, 2.45) is 0 Å². The first-order chi connectivity index (χ1) is 10.0. The molecule has 2 N–H and O–H groups in total. The van der Waals surface area contributed by atoms with Gasteiger partial charge in [-0.3, -0.25) is 15.0 Å². The van der Waals surface area contributed by atoms with E-state index in [-0.39, 0.29) is 11.3 Å². The van der Waals surface area contributed by atoms with Crippen molar-refractivity contribution in [3.8, 4) is 0 Å². The van der Waals surface area contributed by atoms with Gasteiger partial charge in [0.1, 0.15) is 0 Å². The molecule has 1 aliphatic carbocycles. The molecule has 0 spiro atoms. The van der Waals surface area contributed by atoms with Crippen molar-refractivity contribution in [3.63, 3.8) is 0 Å². The van der Waals surface area contributed by atoms with Crippen LogP contribution >= 0.6 is 0 Å². The van der Waals surface area contributed by atoms with Crippen molar-refractivity contribution < 1.29 is 14.8 Å². The zero-order chi connectivity index (χ0) is 15.4. The number of rotatable bonds is 8. The van der Waals surface area contributed by atoms with E-state index in [1.54, 1.807) is 0 Å². The number of nitrogens with zero attached hydrogens (tertiary/aromatic N) is 2. The van der Waals surface area contributed by atoms with Crippen LogP contribution in [0, 0.1) is 10.1 Å². The van der Waals surface area contributed by atoms with Crippen LogP contribution < -0.4 is 5.32 Å². The Morgan fingerprint density at radius 2 is 2.24 bits per heavy atom. The van der Waals surface area contributed by atoms with E-state index in [2.05, 4.69) is 17.1 Å². The normalized spacial score (nSPS) is 14.2. The third-order valence-electron chi connectivity index (χ3n) is 3.63. The monoisotopic (exact) mass is 293 g/mol. The molecule has 0 unspecified atom stereocenters. The predicted octanol–water partition coefficient (Wildman–Crippen LogP) is 2.19. The summed E-state index contributed by atoms with van der Waals surface area (Å²) < 4.78 is 0. The summed E-state index contributed by atoms with van der Waals surface area (Å²) in [7, 11) is 0. The third-order valence-corrected chi connectivity index (χ3v) is 3.63. The van der Waals surface area contributed by atoms with Crippen molar-refractivity contribution in [1.29, 1.82) is 0 Å². The standard InChI is InChI=1S/C14H19N3O4/c1-2-16(10-3-4-10)8-7-15-13-9-11(17(20)21)5-6-12(13)14(18)19/h5-6,9-10,15H,2-4,7-8H2,1H3,(H,18,19). The molecule has 21 heavy (non-hydrogen) atoms. The van der Waals surface area contributed by atoms with Gasteiger partial charge in [0.15, 0.2) is 0 Å². The number of hydrogen-bond acceptors (Lipinski definition) is 5. The predicted molar refractivity (Wildman–Crippen MR) is 78.8 cm³/mol. The van der Waals surface area contributed by atoms with Crippen LogP contribution in [0.5, 0.6) is 0 Å². The summed E-state index contributed by atoms with van der Waals surface area (Å²) in [6.07, 6.45) is 2.43. The number of likely N-dealkylation sites (N-methyl/N-ethyl adjacent to an activating group) is 1. The van der Waals surface area contributed by atoms with Crippen molar-refractivity contribution in [2.45, 2.75) is 25.8 Å². The van der Waals surface area contributed by atoms with Crippen LogP contribution in [-0.2, 0) is 0 Å². The second kappa shape index (κ2) is 6.53. The first-order valence-corrected chi connectivity index (χ1v) is 7.02. The van der Waals surface area contributed by atoms with Crippen LogP contribution in [0.1, 0.15) is 30.1 Å². The van der Waals surface area contributed by atoms with Gasteiger partial charge in [0.25, 0.3) is 5.69 Å². The first kappa shape index (κ1) is 15.2. The maximum Gasteiger partial charge on any atom is 0.337 e. The molecule has 0 radical (unpaired) electrons. The minimum atomic E-state index is -1.10. The SMILES string of the molecule is CCN(CCNc1cc([N+](=O)[O-])ccc1C(=O)O)C1CC1. The van der Waals surface area contributed by atoms with E-state index in [4.69, 9.17) is 5.11 Å². The lowest BCUT2D eigenvalue weighted by atomic mass is 10.1. The Morgan fingerprint density at radius 1 is 1.52 bits per heavy atom. The molecule has 1 aliphatic rings. The Hall–Kier alpha value is -2.15. The van der Waals surface area contributed by atoms with Gasteiger partial charge < -0.3 is 10.4 Å². The van der Waals surface area contributed by atoms with Gasteiger partial charge in [-0.2, -0.15) is 0 Å². The second-order valence-electron chi connectivity index (χ2n) is 5.08. The highest BCUT2D eigenvalue weighted by molar-refractivity contribution is 5.94. The number of nitrogens with one attached hydrogen (secondary N) is 1. The van der Waals surface area contributed by atoms with Gasteiger partial charge in [-0.25, -0.2) is 4.79 Å². The fourth-order valence-corrected chi connectivity index (χ4v) is 2.35. The Labute approximate surface area is 122 Å². The number of benzene rings is 1. The lowest BCUT2D eigenvalue weighted by Crippen LogP contribution is -2.31. The average molecular weight is 293 g/mol. The molecule has 1 aromatic rings. The first-order valence-electron chi connectivity index (χ1n) is 7.02. The number of carboxylic acid groups (broad SMARTS) is 1. The molecule has 1 saturated carbocycles. The maximum absolute atomic E-state index is 11.2. The Kier molecular flexibility index (Phi) is 4.74. The summed E-state index contributed by atoms with van der Waals surface area (Å²) in [4.78, 5) is 23.7. The molecule has 0 heterocycles. The van der Waals surface area contributed by atoms with Gasteiger partial charge >= 0.3 is 5.97 Å². The van der Waals surface area contributed by atoms with Crippen LogP contribution in [0.4, 0.5) is 11.4 Å². The zero-order valence-electron chi connectivity index (χ0n) is 11.9. The van der Waals surface area contributed by atoms with Crippen LogP contribution in [0.2, 0.25) is 0 Å². The van der Waals surface area contributed by atoms with Gasteiger partial charge in [0.2, 0.25) is 0 Å². The fraction of sp³-hybridized carbons (Fsp3) is 0.500. The minimum Gasteiger partial charge on any atom is -0.478 e. The summed E-state index contributed by atoms with van der Waals surface area (Å²) in [5.41, 5.74) is 0.232. The molecule has 0 amide bonds. The molecular formula is C14H19N3O4. The zero-order valence-corrected chi connectivity index (χ0v) is 11.9. The molecule has 2 rings (SSSR count). The van der Waals surface area contributed by atoms with Crippen molar-refractivity contribution >= 4 is 17.3 Å². The highest BCUT2D eigenvalue weighted by Gasteiger charge is 2.27. The molecule has 0 bridgehead atoms. The smallest absolute Gasteiger partial charge is 0.337 e. The second-order valence-corrected chi connectivity index (χ2v) is 5.08. The molecule has 7 heteroatoms. The fourth-order valence-electron chi connectivity index (χ4n) is 2.35.